The van der Waals surface area contributed by atoms with E-state index < -0.39 is 0 Å². The number of rotatable bonds is 6. The highest BCUT2D eigenvalue weighted by atomic mass is 19.1. The number of hydrogen-bond donors (Lipinski definition) is 0. The SMILES string of the molecule is COc1ccc([C@@H]2CC(c3ccccc3F)=NN2C(=O)CN(C)C(=O)C2CCCC2)cc1. The van der Waals surface area contributed by atoms with Crippen LogP contribution >= 0.6 is 0 Å². The van der Waals surface area contributed by atoms with Crippen LogP contribution in [0.1, 0.15) is 49.3 Å². The molecule has 1 heterocycles. The van der Waals surface area contributed by atoms with Crippen LogP contribution in [0.4, 0.5) is 4.39 Å². The number of hydrazone groups is 1. The van der Waals surface area contributed by atoms with Gasteiger partial charge >= 0.3 is 0 Å². The highest BCUT2D eigenvalue weighted by Crippen LogP contribution is 2.34. The summed E-state index contributed by atoms with van der Waals surface area (Å²) >= 11 is 0. The fourth-order valence-electron chi connectivity index (χ4n) is 4.52. The monoisotopic (exact) mass is 437 g/mol. The molecule has 0 bridgehead atoms. The van der Waals surface area contributed by atoms with Gasteiger partial charge in [0.2, 0.25) is 5.91 Å². The Labute approximate surface area is 187 Å². The van der Waals surface area contributed by atoms with Crippen LogP contribution in [0.2, 0.25) is 0 Å². The number of methoxy groups -OCH3 is 1. The van der Waals surface area contributed by atoms with Crippen LogP contribution in [-0.4, -0.2) is 48.1 Å². The van der Waals surface area contributed by atoms with Gasteiger partial charge in [-0.1, -0.05) is 43.2 Å². The zero-order chi connectivity index (χ0) is 22.7. The Kier molecular flexibility index (Phi) is 6.53. The van der Waals surface area contributed by atoms with Gasteiger partial charge in [-0.3, -0.25) is 9.59 Å². The highest BCUT2D eigenvalue weighted by Gasteiger charge is 2.35. The lowest BCUT2D eigenvalue weighted by atomic mass is 9.98. The molecule has 4 rings (SSSR count). The minimum absolute atomic E-state index is 0.00115. The molecule has 32 heavy (non-hydrogen) atoms. The Morgan fingerprint density at radius 3 is 2.47 bits per heavy atom. The first-order valence-corrected chi connectivity index (χ1v) is 11.0. The average Bonchev–Trinajstić information content (AvgIpc) is 3.49. The number of nitrogens with zero attached hydrogens (tertiary/aromatic N) is 3. The summed E-state index contributed by atoms with van der Waals surface area (Å²) in [6.07, 6.45) is 4.26. The lowest BCUT2D eigenvalue weighted by molar-refractivity contribution is -0.142. The fourth-order valence-corrected chi connectivity index (χ4v) is 4.52. The number of carbonyl (C=O) groups is 2. The van der Waals surface area contributed by atoms with E-state index in [0.29, 0.717) is 23.4 Å². The zero-order valence-corrected chi connectivity index (χ0v) is 18.5. The lowest BCUT2D eigenvalue weighted by Gasteiger charge is -2.26. The molecule has 1 saturated carbocycles. The van der Waals surface area contributed by atoms with Gasteiger partial charge in [0.15, 0.2) is 0 Å². The lowest BCUT2D eigenvalue weighted by Crippen LogP contribution is -2.41. The number of ether oxygens (including phenoxy) is 1. The molecule has 1 fully saturated rings. The summed E-state index contributed by atoms with van der Waals surface area (Å²) in [6, 6.07) is 13.5. The minimum atomic E-state index is -0.377. The van der Waals surface area contributed by atoms with Crippen molar-refractivity contribution < 1.29 is 18.7 Å². The molecule has 2 aromatic rings. The Morgan fingerprint density at radius 2 is 1.81 bits per heavy atom. The molecule has 1 atom stereocenters. The smallest absolute Gasteiger partial charge is 0.262 e. The first-order valence-electron chi connectivity index (χ1n) is 11.0. The molecule has 1 aliphatic carbocycles. The average molecular weight is 438 g/mol. The highest BCUT2D eigenvalue weighted by molar-refractivity contribution is 6.03. The molecule has 0 spiro atoms. The van der Waals surface area contributed by atoms with Gasteiger partial charge in [0.25, 0.3) is 5.91 Å². The van der Waals surface area contributed by atoms with Crippen molar-refractivity contribution in [3.8, 4) is 5.75 Å². The second-order valence-corrected chi connectivity index (χ2v) is 8.43. The van der Waals surface area contributed by atoms with E-state index in [1.54, 1.807) is 32.4 Å². The third kappa shape index (κ3) is 4.52. The summed E-state index contributed by atoms with van der Waals surface area (Å²) < 4.78 is 19.7. The molecule has 0 radical (unpaired) electrons. The molecule has 2 amide bonds. The Bertz CT molecular complexity index is 1020. The summed E-state index contributed by atoms with van der Waals surface area (Å²) in [5.41, 5.74) is 1.78. The number of benzene rings is 2. The maximum Gasteiger partial charge on any atom is 0.262 e. The van der Waals surface area contributed by atoms with Gasteiger partial charge in [0.05, 0.1) is 18.9 Å². The van der Waals surface area contributed by atoms with Crippen molar-refractivity contribution in [2.24, 2.45) is 11.0 Å². The van der Waals surface area contributed by atoms with Gasteiger partial charge in [-0.05, 0) is 36.6 Å². The Morgan fingerprint density at radius 1 is 1.12 bits per heavy atom. The number of likely N-dealkylation sites (N-methyl/N-ethyl adjacent to an activating group) is 1. The van der Waals surface area contributed by atoms with Crippen LogP contribution in [0.3, 0.4) is 0 Å². The summed E-state index contributed by atoms with van der Waals surface area (Å²) in [6.45, 7) is -0.0595. The van der Waals surface area contributed by atoms with E-state index in [1.165, 1.54) is 16.0 Å². The van der Waals surface area contributed by atoms with Crippen molar-refractivity contribution in [1.82, 2.24) is 9.91 Å². The van der Waals surface area contributed by atoms with Crippen molar-refractivity contribution in [3.63, 3.8) is 0 Å². The molecule has 6 nitrogen and oxygen atoms in total. The van der Waals surface area contributed by atoms with E-state index in [9.17, 15) is 14.0 Å². The van der Waals surface area contributed by atoms with E-state index in [1.807, 2.05) is 24.3 Å². The van der Waals surface area contributed by atoms with E-state index in [0.717, 1.165) is 31.2 Å². The molecule has 0 aromatic heterocycles. The van der Waals surface area contributed by atoms with E-state index in [4.69, 9.17) is 4.74 Å². The topological polar surface area (TPSA) is 62.2 Å². The molecule has 0 saturated heterocycles. The number of halogens is 1. The van der Waals surface area contributed by atoms with Crippen molar-refractivity contribution in [2.75, 3.05) is 20.7 Å². The van der Waals surface area contributed by atoms with Crippen LogP contribution in [0, 0.1) is 11.7 Å². The van der Waals surface area contributed by atoms with Crippen molar-refractivity contribution >= 4 is 17.5 Å². The number of carbonyl (C=O) groups excluding carboxylic acids is 2. The van der Waals surface area contributed by atoms with E-state index in [-0.39, 0.29) is 36.1 Å². The van der Waals surface area contributed by atoms with Gasteiger partial charge in [-0.15, -0.1) is 0 Å². The third-order valence-corrected chi connectivity index (χ3v) is 6.30. The van der Waals surface area contributed by atoms with Crippen molar-refractivity contribution in [3.05, 3.63) is 65.5 Å². The van der Waals surface area contributed by atoms with Crippen molar-refractivity contribution in [2.45, 2.75) is 38.1 Å². The minimum Gasteiger partial charge on any atom is -0.497 e. The maximum atomic E-state index is 14.4. The Hall–Kier alpha value is -3.22. The number of amides is 2. The summed E-state index contributed by atoms with van der Waals surface area (Å²) in [5.74, 6) is 0.0610. The molecule has 0 unspecified atom stereocenters. The molecule has 2 aliphatic rings. The molecule has 1 aliphatic heterocycles. The molecular formula is C25H28FN3O3. The molecule has 168 valence electrons. The standard InChI is InChI=1S/C25H28FN3O3/c1-28(25(31)18-7-3-4-8-18)16-24(30)29-23(17-11-13-19(32-2)14-12-17)15-22(27-29)20-9-5-6-10-21(20)26/h5-6,9-14,18,23H,3-4,7-8,15-16H2,1-2H3/t23-/m0/s1. The quantitative estimate of drug-likeness (QED) is 0.682. The zero-order valence-electron chi connectivity index (χ0n) is 18.5. The second-order valence-electron chi connectivity index (χ2n) is 8.43. The normalized spacial score (nSPS) is 18.5. The fraction of sp³-hybridized carbons (Fsp3) is 0.400. The maximum absolute atomic E-state index is 14.4. The Balaban J connectivity index is 1.58. The molecular weight excluding hydrogens is 409 g/mol. The van der Waals surface area contributed by atoms with E-state index >= 15 is 0 Å². The largest absolute Gasteiger partial charge is 0.497 e. The first kappa shape index (κ1) is 22.0. The van der Waals surface area contributed by atoms with Gasteiger partial charge in [-0.25, -0.2) is 9.40 Å². The second kappa shape index (κ2) is 9.51. The van der Waals surface area contributed by atoms with Crippen LogP contribution < -0.4 is 4.74 Å². The van der Waals surface area contributed by atoms with E-state index in [2.05, 4.69) is 5.10 Å². The van der Waals surface area contributed by atoms with Crippen LogP contribution in [-0.2, 0) is 9.59 Å². The van der Waals surface area contributed by atoms with Crippen LogP contribution in [0.5, 0.6) is 5.75 Å². The predicted octanol–water partition coefficient (Wildman–Crippen LogP) is 4.16. The predicted molar refractivity (Wildman–Crippen MR) is 120 cm³/mol. The van der Waals surface area contributed by atoms with Crippen molar-refractivity contribution in [1.29, 1.82) is 0 Å². The van der Waals surface area contributed by atoms with Crippen LogP contribution in [0.15, 0.2) is 53.6 Å². The molecule has 0 N–H and O–H groups in total. The van der Waals surface area contributed by atoms with Gasteiger partial charge < -0.3 is 9.64 Å². The first-order chi connectivity index (χ1) is 15.5. The summed E-state index contributed by atoms with van der Waals surface area (Å²) in [4.78, 5) is 27.5. The van der Waals surface area contributed by atoms with Gasteiger partial charge in [0, 0.05) is 24.9 Å². The molecule has 7 heteroatoms. The van der Waals surface area contributed by atoms with Gasteiger partial charge in [0.1, 0.15) is 18.1 Å². The summed E-state index contributed by atoms with van der Waals surface area (Å²) in [7, 11) is 3.26. The van der Waals surface area contributed by atoms with Crippen LogP contribution in [0.25, 0.3) is 0 Å². The third-order valence-electron chi connectivity index (χ3n) is 6.30. The summed E-state index contributed by atoms with van der Waals surface area (Å²) in [5, 5.41) is 5.93. The number of hydrogen-bond acceptors (Lipinski definition) is 4. The van der Waals surface area contributed by atoms with Gasteiger partial charge in [-0.2, -0.15) is 5.10 Å². The molecule has 2 aromatic carbocycles.